The van der Waals surface area contributed by atoms with Gasteiger partial charge in [-0.25, -0.2) is 9.37 Å². The number of halogens is 1. The van der Waals surface area contributed by atoms with E-state index in [0.717, 1.165) is 47.6 Å². The van der Waals surface area contributed by atoms with Gasteiger partial charge in [0.05, 0.1) is 24.2 Å². The highest BCUT2D eigenvalue weighted by Gasteiger charge is 2.20. The molecule has 4 rings (SSSR count). The van der Waals surface area contributed by atoms with Gasteiger partial charge in [0.15, 0.2) is 0 Å². The molecule has 0 unspecified atom stereocenters. The topological polar surface area (TPSA) is 86.9 Å². The standard InChI is InChI=1S/C21H24FN5O2/c1-29-11-8-19-24-18-7-10-27(9-6-17(18)21(28)25-19)13-15-12-23-26-20(15)14-2-4-16(22)5-3-14/h2-5,12H,6-11,13H2,1H3,(H,23,26)(H,24,25,28). The molecule has 0 bridgehead atoms. The number of hydrogen-bond donors (Lipinski definition) is 2. The summed E-state index contributed by atoms with van der Waals surface area (Å²) in [5, 5.41) is 7.20. The number of aromatic nitrogens is 4. The summed E-state index contributed by atoms with van der Waals surface area (Å²) >= 11 is 0. The summed E-state index contributed by atoms with van der Waals surface area (Å²) in [6, 6.07) is 6.38. The van der Waals surface area contributed by atoms with Gasteiger partial charge in [-0.3, -0.25) is 14.8 Å². The van der Waals surface area contributed by atoms with E-state index in [1.807, 2.05) is 6.20 Å². The number of rotatable bonds is 6. The van der Waals surface area contributed by atoms with Crippen molar-refractivity contribution >= 4 is 0 Å². The number of hydrogen-bond acceptors (Lipinski definition) is 5. The second kappa shape index (κ2) is 8.67. The maximum atomic E-state index is 13.2. The third-order valence-corrected chi connectivity index (χ3v) is 5.28. The second-order valence-corrected chi connectivity index (χ2v) is 7.23. The monoisotopic (exact) mass is 397 g/mol. The highest BCUT2D eigenvalue weighted by atomic mass is 19.1. The fourth-order valence-electron chi connectivity index (χ4n) is 3.72. The zero-order chi connectivity index (χ0) is 20.2. The van der Waals surface area contributed by atoms with Crippen LogP contribution in [0.1, 0.15) is 22.6 Å². The predicted octanol–water partition coefficient (Wildman–Crippen LogP) is 2.09. The first-order chi connectivity index (χ1) is 14.1. The van der Waals surface area contributed by atoms with E-state index in [4.69, 9.17) is 4.74 Å². The summed E-state index contributed by atoms with van der Waals surface area (Å²) in [4.78, 5) is 22.3. The van der Waals surface area contributed by atoms with Crippen LogP contribution >= 0.6 is 0 Å². The van der Waals surface area contributed by atoms with Crippen molar-refractivity contribution < 1.29 is 9.13 Å². The first kappa shape index (κ1) is 19.5. The van der Waals surface area contributed by atoms with Gasteiger partial charge in [0.1, 0.15) is 11.6 Å². The summed E-state index contributed by atoms with van der Waals surface area (Å²) in [6.07, 6.45) is 3.79. The normalized spacial score (nSPS) is 14.6. The number of H-pyrrole nitrogens is 2. The summed E-state index contributed by atoms with van der Waals surface area (Å²) < 4.78 is 18.3. The Morgan fingerprint density at radius 1 is 1.21 bits per heavy atom. The van der Waals surface area contributed by atoms with Crippen LogP contribution in [-0.2, 0) is 30.5 Å². The van der Waals surface area contributed by atoms with E-state index in [-0.39, 0.29) is 11.4 Å². The molecule has 0 radical (unpaired) electrons. The van der Waals surface area contributed by atoms with E-state index in [0.29, 0.717) is 31.8 Å². The maximum Gasteiger partial charge on any atom is 0.254 e. The molecule has 8 heteroatoms. The Morgan fingerprint density at radius 2 is 2.00 bits per heavy atom. The van der Waals surface area contributed by atoms with Crippen molar-refractivity contribution in [2.45, 2.75) is 25.8 Å². The third kappa shape index (κ3) is 4.44. The van der Waals surface area contributed by atoms with Gasteiger partial charge < -0.3 is 9.72 Å². The largest absolute Gasteiger partial charge is 0.384 e. The minimum absolute atomic E-state index is 0.0433. The number of nitrogens with one attached hydrogen (secondary N) is 2. The van der Waals surface area contributed by atoms with Gasteiger partial charge in [0.25, 0.3) is 5.56 Å². The maximum absolute atomic E-state index is 13.2. The Labute approximate surface area is 167 Å². The van der Waals surface area contributed by atoms with Crippen LogP contribution in [-0.4, -0.2) is 51.9 Å². The summed E-state index contributed by atoms with van der Waals surface area (Å²) in [5.74, 6) is 0.417. The molecular weight excluding hydrogens is 373 g/mol. The number of ether oxygens (including phenoxy) is 1. The number of methoxy groups -OCH3 is 1. The molecule has 0 aliphatic carbocycles. The van der Waals surface area contributed by atoms with E-state index < -0.39 is 0 Å². The van der Waals surface area contributed by atoms with Crippen LogP contribution in [0, 0.1) is 5.82 Å². The van der Waals surface area contributed by atoms with Crippen LogP contribution < -0.4 is 5.56 Å². The highest BCUT2D eigenvalue weighted by Crippen LogP contribution is 2.23. The highest BCUT2D eigenvalue weighted by molar-refractivity contribution is 5.62. The zero-order valence-electron chi connectivity index (χ0n) is 16.4. The Kier molecular flexibility index (Phi) is 5.82. The lowest BCUT2D eigenvalue weighted by Gasteiger charge is -2.19. The molecular formula is C21H24FN5O2. The van der Waals surface area contributed by atoms with Gasteiger partial charge in [-0.2, -0.15) is 5.10 Å². The van der Waals surface area contributed by atoms with Crippen LogP contribution in [0.5, 0.6) is 0 Å². The smallest absolute Gasteiger partial charge is 0.254 e. The van der Waals surface area contributed by atoms with E-state index in [2.05, 4.69) is 25.1 Å². The molecule has 0 atom stereocenters. The number of fused-ring (bicyclic) bond motifs is 1. The van der Waals surface area contributed by atoms with E-state index >= 15 is 0 Å². The fourth-order valence-corrected chi connectivity index (χ4v) is 3.72. The van der Waals surface area contributed by atoms with E-state index in [1.54, 1.807) is 19.2 Å². The minimum Gasteiger partial charge on any atom is -0.384 e. The van der Waals surface area contributed by atoms with Gasteiger partial charge in [-0.15, -0.1) is 0 Å². The third-order valence-electron chi connectivity index (χ3n) is 5.28. The molecule has 152 valence electrons. The molecule has 3 heterocycles. The zero-order valence-corrected chi connectivity index (χ0v) is 16.4. The minimum atomic E-state index is -0.261. The fraction of sp³-hybridized carbons (Fsp3) is 0.381. The quantitative estimate of drug-likeness (QED) is 0.665. The number of nitrogens with zero attached hydrogens (tertiary/aromatic N) is 3. The summed E-state index contributed by atoms with van der Waals surface area (Å²) in [5.41, 5.74) is 4.46. The van der Waals surface area contributed by atoms with Gasteiger partial charge in [-0.1, -0.05) is 0 Å². The Bertz CT molecular complexity index is 1030. The van der Waals surface area contributed by atoms with E-state index in [9.17, 15) is 9.18 Å². The van der Waals surface area contributed by atoms with Crippen LogP contribution in [0.4, 0.5) is 4.39 Å². The Balaban J connectivity index is 1.49. The van der Waals surface area contributed by atoms with Gasteiger partial charge in [-0.05, 0) is 30.7 Å². The van der Waals surface area contributed by atoms with Crippen molar-refractivity contribution in [2.75, 3.05) is 26.8 Å². The molecule has 1 aromatic carbocycles. The molecule has 2 aromatic heterocycles. The molecule has 1 aliphatic heterocycles. The average Bonchev–Trinajstić information content (AvgIpc) is 3.07. The Morgan fingerprint density at radius 3 is 2.79 bits per heavy atom. The Hall–Kier alpha value is -2.84. The molecule has 0 saturated heterocycles. The molecule has 0 spiro atoms. The number of benzene rings is 1. The van der Waals surface area contributed by atoms with Crippen molar-refractivity contribution in [3.8, 4) is 11.3 Å². The molecule has 1 aliphatic rings. The van der Waals surface area contributed by atoms with Crippen molar-refractivity contribution in [3.63, 3.8) is 0 Å². The molecule has 0 amide bonds. The van der Waals surface area contributed by atoms with Crippen LogP contribution in [0.25, 0.3) is 11.3 Å². The lowest BCUT2D eigenvalue weighted by Crippen LogP contribution is -2.26. The molecule has 29 heavy (non-hydrogen) atoms. The molecule has 3 aromatic rings. The van der Waals surface area contributed by atoms with Crippen LogP contribution in [0.2, 0.25) is 0 Å². The SMILES string of the molecule is COCCc1nc2c(c(=O)[nH]1)CCN(Cc1cn[nH]c1-c1ccc(F)cc1)CC2. The van der Waals surface area contributed by atoms with Crippen molar-refractivity contribution in [1.29, 1.82) is 0 Å². The summed E-state index contributed by atoms with van der Waals surface area (Å²) in [7, 11) is 1.63. The number of aromatic amines is 2. The molecule has 2 N–H and O–H groups in total. The second-order valence-electron chi connectivity index (χ2n) is 7.23. The average molecular weight is 397 g/mol. The first-order valence-electron chi connectivity index (χ1n) is 9.74. The summed E-state index contributed by atoms with van der Waals surface area (Å²) in [6.45, 7) is 2.80. The predicted molar refractivity (Wildman–Crippen MR) is 107 cm³/mol. The van der Waals surface area contributed by atoms with Crippen molar-refractivity contribution in [3.05, 3.63) is 69.3 Å². The van der Waals surface area contributed by atoms with Gasteiger partial charge in [0.2, 0.25) is 0 Å². The van der Waals surface area contributed by atoms with Gasteiger partial charge in [0, 0.05) is 56.3 Å². The lowest BCUT2D eigenvalue weighted by atomic mass is 10.1. The van der Waals surface area contributed by atoms with Gasteiger partial charge >= 0.3 is 0 Å². The lowest BCUT2D eigenvalue weighted by molar-refractivity contribution is 0.200. The molecule has 0 fully saturated rings. The van der Waals surface area contributed by atoms with Crippen LogP contribution in [0.15, 0.2) is 35.3 Å². The van der Waals surface area contributed by atoms with Crippen molar-refractivity contribution in [1.82, 2.24) is 25.1 Å². The molecule has 0 saturated carbocycles. The van der Waals surface area contributed by atoms with E-state index in [1.165, 1.54) is 12.1 Å². The van der Waals surface area contributed by atoms with Crippen molar-refractivity contribution in [2.24, 2.45) is 0 Å². The first-order valence-corrected chi connectivity index (χ1v) is 9.74. The molecule has 7 nitrogen and oxygen atoms in total. The van der Waals surface area contributed by atoms with Crippen LogP contribution in [0.3, 0.4) is 0 Å².